The lowest BCUT2D eigenvalue weighted by molar-refractivity contribution is 0.0944. The minimum atomic E-state index is -3.95. The maximum atomic E-state index is 13.6. The predicted octanol–water partition coefficient (Wildman–Crippen LogP) is 1.39. The Morgan fingerprint density at radius 2 is 2.20 bits per heavy atom. The highest BCUT2D eigenvalue weighted by Gasteiger charge is 2.37. The van der Waals surface area contributed by atoms with E-state index in [0.717, 1.165) is 37.5 Å². The summed E-state index contributed by atoms with van der Waals surface area (Å²) in [4.78, 5) is 11.7. The zero-order valence-corrected chi connectivity index (χ0v) is 11.9. The van der Waals surface area contributed by atoms with Crippen molar-refractivity contribution in [2.75, 3.05) is 0 Å². The highest BCUT2D eigenvalue weighted by molar-refractivity contribution is 7.89. The van der Waals surface area contributed by atoms with Crippen LogP contribution in [0.4, 0.5) is 4.39 Å². The Labute approximate surface area is 117 Å². The van der Waals surface area contributed by atoms with Gasteiger partial charge in [-0.2, -0.15) is 0 Å². The zero-order chi connectivity index (χ0) is 14.9. The van der Waals surface area contributed by atoms with E-state index in [9.17, 15) is 17.6 Å². The fraction of sp³-hybridized carbons (Fsp3) is 0.462. The minimum Gasteiger partial charge on any atom is -0.349 e. The van der Waals surface area contributed by atoms with Crippen LogP contribution in [0.1, 0.15) is 36.5 Å². The molecular formula is C13H17FN2O3S. The van der Waals surface area contributed by atoms with E-state index in [1.807, 2.05) is 0 Å². The van der Waals surface area contributed by atoms with Crippen molar-refractivity contribution in [3.63, 3.8) is 0 Å². The maximum Gasteiger partial charge on any atom is 0.254 e. The Bertz CT molecular complexity index is 631. The molecule has 0 radical (unpaired) electrons. The second-order valence-electron chi connectivity index (χ2n) is 5.05. The van der Waals surface area contributed by atoms with Crippen LogP contribution in [0.25, 0.3) is 0 Å². The van der Waals surface area contributed by atoms with E-state index < -0.39 is 21.7 Å². The first-order chi connectivity index (χ1) is 9.32. The quantitative estimate of drug-likeness (QED) is 0.861. The van der Waals surface area contributed by atoms with Gasteiger partial charge < -0.3 is 5.32 Å². The van der Waals surface area contributed by atoms with Crippen molar-refractivity contribution in [2.24, 2.45) is 11.1 Å². The number of amides is 1. The number of sulfonamides is 1. The molecule has 2 atom stereocenters. The molecule has 1 saturated carbocycles. The SMILES string of the molecule is CCCC1CC1NC(=O)c1cc(S(N)(=O)=O)ccc1F. The van der Waals surface area contributed by atoms with Crippen LogP contribution in [0, 0.1) is 11.7 Å². The molecule has 1 aromatic carbocycles. The average Bonchev–Trinajstić information content (AvgIpc) is 3.06. The van der Waals surface area contributed by atoms with Gasteiger partial charge in [0.1, 0.15) is 5.82 Å². The molecule has 20 heavy (non-hydrogen) atoms. The normalized spacial score (nSPS) is 21.6. The van der Waals surface area contributed by atoms with Gasteiger partial charge in [0.15, 0.2) is 0 Å². The van der Waals surface area contributed by atoms with E-state index in [1.165, 1.54) is 0 Å². The fourth-order valence-corrected chi connectivity index (χ4v) is 2.76. The number of benzene rings is 1. The molecule has 2 rings (SSSR count). The van der Waals surface area contributed by atoms with Crippen LogP contribution in [0.2, 0.25) is 0 Å². The minimum absolute atomic E-state index is 0.0555. The number of nitrogens with two attached hydrogens (primary N) is 1. The van der Waals surface area contributed by atoms with Gasteiger partial charge in [-0.1, -0.05) is 13.3 Å². The van der Waals surface area contributed by atoms with Crippen LogP contribution in [0.15, 0.2) is 23.1 Å². The first-order valence-electron chi connectivity index (χ1n) is 6.46. The molecule has 3 N–H and O–H groups in total. The van der Waals surface area contributed by atoms with Gasteiger partial charge in [0.25, 0.3) is 5.91 Å². The van der Waals surface area contributed by atoms with Crippen LogP contribution >= 0.6 is 0 Å². The van der Waals surface area contributed by atoms with Gasteiger partial charge >= 0.3 is 0 Å². The van der Waals surface area contributed by atoms with Gasteiger partial charge in [0.2, 0.25) is 10.0 Å². The molecule has 1 aliphatic rings. The Kier molecular flexibility index (Phi) is 4.10. The molecular weight excluding hydrogens is 283 g/mol. The first-order valence-corrected chi connectivity index (χ1v) is 8.00. The molecule has 1 fully saturated rings. The summed E-state index contributed by atoms with van der Waals surface area (Å²) in [6.45, 7) is 2.06. The van der Waals surface area contributed by atoms with E-state index in [0.29, 0.717) is 5.92 Å². The van der Waals surface area contributed by atoms with Gasteiger partial charge in [-0.25, -0.2) is 17.9 Å². The van der Waals surface area contributed by atoms with Crippen LogP contribution < -0.4 is 10.5 Å². The molecule has 5 nitrogen and oxygen atoms in total. The van der Waals surface area contributed by atoms with Crippen molar-refractivity contribution in [3.8, 4) is 0 Å². The molecule has 2 unspecified atom stereocenters. The van der Waals surface area contributed by atoms with E-state index >= 15 is 0 Å². The van der Waals surface area contributed by atoms with Crippen molar-refractivity contribution in [1.82, 2.24) is 5.32 Å². The van der Waals surface area contributed by atoms with Gasteiger partial charge in [0, 0.05) is 6.04 Å². The summed E-state index contributed by atoms with van der Waals surface area (Å²) in [5.74, 6) is -0.923. The van der Waals surface area contributed by atoms with Crippen LogP contribution in [-0.2, 0) is 10.0 Å². The van der Waals surface area contributed by atoms with Crippen molar-refractivity contribution >= 4 is 15.9 Å². The number of rotatable bonds is 5. The molecule has 1 aromatic rings. The second-order valence-corrected chi connectivity index (χ2v) is 6.61. The van der Waals surface area contributed by atoms with Crippen LogP contribution in [-0.4, -0.2) is 20.4 Å². The van der Waals surface area contributed by atoms with Gasteiger partial charge in [-0.05, 0) is 37.0 Å². The van der Waals surface area contributed by atoms with Crippen LogP contribution in [0.5, 0.6) is 0 Å². The van der Waals surface area contributed by atoms with Crippen molar-refractivity contribution in [2.45, 2.75) is 37.1 Å². The molecule has 0 spiro atoms. The molecule has 110 valence electrons. The molecule has 0 heterocycles. The lowest BCUT2D eigenvalue weighted by Gasteiger charge is -2.07. The predicted molar refractivity (Wildman–Crippen MR) is 72.0 cm³/mol. The Hall–Kier alpha value is -1.47. The summed E-state index contributed by atoms with van der Waals surface area (Å²) in [6, 6.07) is 3.00. The average molecular weight is 300 g/mol. The lowest BCUT2D eigenvalue weighted by atomic mass is 10.2. The van der Waals surface area contributed by atoms with Gasteiger partial charge in [-0.15, -0.1) is 0 Å². The van der Waals surface area contributed by atoms with Crippen molar-refractivity contribution < 1.29 is 17.6 Å². The third-order valence-electron chi connectivity index (χ3n) is 3.41. The third kappa shape index (κ3) is 3.34. The Morgan fingerprint density at radius 1 is 1.50 bits per heavy atom. The first kappa shape index (κ1) is 14.9. The van der Waals surface area contributed by atoms with E-state index in [4.69, 9.17) is 5.14 Å². The van der Waals surface area contributed by atoms with Crippen molar-refractivity contribution in [1.29, 1.82) is 0 Å². The number of hydrogen-bond donors (Lipinski definition) is 2. The molecule has 1 amide bonds. The highest BCUT2D eigenvalue weighted by Crippen LogP contribution is 2.34. The number of hydrogen-bond acceptors (Lipinski definition) is 3. The fourth-order valence-electron chi connectivity index (χ4n) is 2.22. The van der Waals surface area contributed by atoms with Crippen molar-refractivity contribution in [3.05, 3.63) is 29.6 Å². The number of carbonyl (C=O) groups is 1. The Balaban J connectivity index is 2.14. The number of nitrogens with one attached hydrogen (secondary N) is 1. The summed E-state index contributed by atoms with van der Waals surface area (Å²) in [5, 5.41) is 7.68. The summed E-state index contributed by atoms with van der Waals surface area (Å²) in [7, 11) is -3.95. The maximum absolute atomic E-state index is 13.6. The molecule has 0 aliphatic heterocycles. The molecule has 7 heteroatoms. The number of halogens is 1. The summed E-state index contributed by atoms with van der Waals surface area (Å²) < 4.78 is 36.1. The largest absolute Gasteiger partial charge is 0.349 e. The van der Waals surface area contributed by atoms with Crippen LogP contribution in [0.3, 0.4) is 0 Å². The van der Waals surface area contributed by atoms with E-state index in [1.54, 1.807) is 0 Å². The smallest absolute Gasteiger partial charge is 0.254 e. The van der Waals surface area contributed by atoms with E-state index in [-0.39, 0.29) is 16.5 Å². The summed E-state index contributed by atoms with van der Waals surface area (Å²) in [6.07, 6.45) is 2.94. The highest BCUT2D eigenvalue weighted by atomic mass is 32.2. The monoisotopic (exact) mass is 300 g/mol. The standard InChI is InChI=1S/C13H17FN2O3S/c1-2-3-8-6-12(8)16-13(17)10-7-9(20(15,18)19)4-5-11(10)14/h4-5,7-8,12H,2-3,6H2,1H3,(H,16,17)(H2,15,18,19). The summed E-state index contributed by atoms with van der Waals surface area (Å²) in [5.41, 5.74) is -0.293. The van der Waals surface area contributed by atoms with Gasteiger partial charge in [0.05, 0.1) is 10.5 Å². The molecule has 0 saturated heterocycles. The molecule has 0 aromatic heterocycles. The second kappa shape index (κ2) is 5.49. The van der Waals surface area contributed by atoms with Gasteiger partial charge in [-0.3, -0.25) is 4.79 Å². The topological polar surface area (TPSA) is 89.3 Å². The van der Waals surface area contributed by atoms with E-state index in [2.05, 4.69) is 12.2 Å². The lowest BCUT2D eigenvalue weighted by Crippen LogP contribution is -2.28. The molecule has 1 aliphatic carbocycles. The number of carbonyl (C=O) groups excluding carboxylic acids is 1. The number of primary sulfonamides is 1. The summed E-state index contributed by atoms with van der Waals surface area (Å²) >= 11 is 0. The molecule has 0 bridgehead atoms. The zero-order valence-electron chi connectivity index (χ0n) is 11.1. The third-order valence-corrected chi connectivity index (χ3v) is 4.32. The Morgan fingerprint density at radius 3 is 2.80 bits per heavy atom.